The summed E-state index contributed by atoms with van der Waals surface area (Å²) >= 11 is 0. The predicted molar refractivity (Wildman–Crippen MR) is 64.7 cm³/mol. The average molecular weight is 260 g/mol. The van der Waals surface area contributed by atoms with Gasteiger partial charge in [-0.05, 0) is 24.3 Å². The molecule has 3 rings (SSSR count). The SMILES string of the molecule is O=C(Nc1ccc2c(c1)OCO2)c1cccc(F)n1. The third-order valence-electron chi connectivity index (χ3n) is 2.58. The molecule has 1 aliphatic heterocycles. The van der Waals surface area contributed by atoms with E-state index >= 15 is 0 Å². The first-order valence-electron chi connectivity index (χ1n) is 5.56. The fourth-order valence-electron chi connectivity index (χ4n) is 1.70. The fourth-order valence-corrected chi connectivity index (χ4v) is 1.70. The third-order valence-corrected chi connectivity index (χ3v) is 2.58. The molecule has 0 unspecified atom stereocenters. The summed E-state index contributed by atoms with van der Waals surface area (Å²) < 4.78 is 23.3. The summed E-state index contributed by atoms with van der Waals surface area (Å²) in [5, 5.41) is 2.61. The average Bonchev–Trinajstić information content (AvgIpc) is 2.86. The molecule has 19 heavy (non-hydrogen) atoms. The molecule has 0 saturated carbocycles. The Morgan fingerprint density at radius 2 is 2.05 bits per heavy atom. The molecule has 96 valence electrons. The maximum absolute atomic E-state index is 12.9. The Morgan fingerprint density at radius 1 is 1.21 bits per heavy atom. The lowest BCUT2D eigenvalue weighted by atomic mass is 10.2. The highest BCUT2D eigenvalue weighted by molar-refractivity contribution is 6.02. The summed E-state index contributed by atoms with van der Waals surface area (Å²) in [6.07, 6.45) is 0. The minimum absolute atomic E-state index is 0.0117. The minimum atomic E-state index is -0.696. The molecule has 0 aliphatic carbocycles. The molecule has 0 bridgehead atoms. The molecule has 1 aliphatic rings. The predicted octanol–water partition coefficient (Wildman–Crippen LogP) is 2.20. The van der Waals surface area contributed by atoms with Crippen molar-refractivity contribution in [3.8, 4) is 11.5 Å². The third kappa shape index (κ3) is 2.33. The van der Waals surface area contributed by atoms with Crippen LogP contribution in [0.1, 0.15) is 10.5 Å². The Balaban J connectivity index is 1.80. The highest BCUT2D eigenvalue weighted by atomic mass is 19.1. The van der Waals surface area contributed by atoms with Crippen molar-refractivity contribution in [1.82, 2.24) is 4.98 Å². The first-order valence-corrected chi connectivity index (χ1v) is 5.56. The fraction of sp³-hybridized carbons (Fsp3) is 0.0769. The van der Waals surface area contributed by atoms with E-state index in [1.54, 1.807) is 18.2 Å². The number of hydrogen-bond donors (Lipinski definition) is 1. The Hall–Kier alpha value is -2.63. The highest BCUT2D eigenvalue weighted by Gasteiger charge is 2.15. The number of pyridine rings is 1. The van der Waals surface area contributed by atoms with E-state index in [-0.39, 0.29) is 12.5 Å². The molecule has 1 amide bonds. The number of anilines is 1. The molecule has 0 fully saturated rings. The maximum Gasteiger partial charge on any atom is 0.274 e. The quantitative estimate of drug-likeness (QED) is 0.841. The zero-order valence-electron chi connectivity index (χ0n) is 9.72. The number of amides is 1. The van der Waals surface area contributed by atoms with Gasteiger partial charge in [-0.3, -0.25) is 4.79 Å². The number of ether oxygens (including phenoxy) is 2. The largest absolute Gasteiger partial charge is 0.454 e. The summed E-state index contributed by atoms with van der Waals surface area (Å²) in [6, 6.07) is 9.04. The molecular formula is C13H9FN2O3. The maximum atomic E-state index is 12.9. The normalized spacial score (nSPS) is 12.3. The molecule has 5 nitrogen and oxygen atoms in total. The van der Waals surface area contributed by atoms with Gasteiger partial charge < -0.3 is 14.8 Å². The van der Waals surface area contributed by atoms with E-state index in [0.717, 1.165) is 0 Å². The smallest absolute Gasteiger partial charge is 0.274 e. The molecule has 6 heteroatoms. The number of nitrogens with zero attached hydrogens (tertiary/aromatic N) is 1. The Morgan fingerprint density at radius 3 is 2.89 bits per heavy atom. The van der Waals surface area contributed by atoms with Crippen LogP contribution in [0.2, 0.25) is 0 Å². The Labute approximate surface area is 108 Å². The molecule has 0 radical (unpaired) electrons. The van der Waals surface area contributed by atoms with Gasteiger partial charge in [-0.1, -0.05) is 6.07 Å². The monoisotopic (exact) mass is 260 g/mol. The van der Waals surface area contributed by atoms with Gasteiger partial charge in [0.05, 0.1) is 0 Å². The van der Waals surface area contributed by atoms with Crippen molar-refractivity contribution in [2.75, 3.05) is 12.1 Å². The number of aromatic nitrogens is 1. The van der Waals surface area contributed by atoms with Crippen LogP contribution < -0.4 is 14.8 Å². The van der Waals surface area contributed by atoms with E-state index in [1.165, 1.54) is 18.2 Å². The Bertz CT molecular complexity index is 646. The lowest BCUT2D eigenvalue weighted by Gasteiger charge is -2.05. The molecule has 0 spiro atoms. The van der Waals surface area contributed by atoms with Crippen molar-refractivity contribution < 1.29 is 18.7 Å². The van der Waals surface area contributed by atoms with E-state index in [1.807, 2.05) is 0 Å². The van der Waals surface area contributed by atoms with Crippen molar-refractivity contribution in [3.05, 3.63) is 48.0 Å². The number of benzene rings is 1. The van der Waals surface area contributed by atoms with E-state index in [0.29, 0.717) is 17.2 Å². The number of halogens is 1. The standard InChI is InChI=1S/C13H9FN2O3/c14-12-3-1-2-9(16-12)13(17)15-8-4-5-10-11(6-8)19-7-18-10/h1-6H,7H2,(H,15,17). The number of rotatable bonds is 2. The zero-order valence-corrected chi connectivity index (χ0v) is 9.72. The topological polar surface area (TPSA) is 60.5 Å². The Kier molecular flexibility index (Phi) is 2.75. The molecule has 1 aromatic heterocycles. The second-order valence-corrected chi connectivity index (χ2v) is 3.87. The lowest BCUT2D eigenvalue weighted by Crippen LogP contribution is -2.14. The first-order chi connectivity index (χ1) is 9.22. The second-order valence-electron chi connectivity index (χ2n) is 3.87. The van der Waals surface area contributed by atoms with Gasteiger partial charge in [-0.2, -0.15) is 4.39 Å². The van der Waals surface area contributed by atoms with Crippen LogP contribution in [0.25, 0.3) is 0 Å². The molecule has 2 heterocycles. The van der Waals surface area contributed by atoms with E-state index < -0.39 is 11.9 Å². The molecule has 0 saturated heterocycles. The molecule has 0 atom stereocenters. The molecule has 1 N–H and O–H groups in total. The summed E-state index contributed by atoms with van der Waals surface area (Å²) in [6.45, 7) is 0.165. The van der Waals surface area contributed by atoms with Crippen LogP contribution in [0.5, 0.6) is 11.5 Å². The van der Waals surface area contributed by atoms with Crippen LogP contribution in [-0.4, -0.2) is 17.7 Å². The van der Waals surface area contributed by atoms with E-state index in [2.05, 4.69) is 10.3 Å². The second kappa shape index (κ2) is 4.56. The summed E-state index contributed by atoms with van der Waals surface area (Å²) in [5.74, 6) is 0.00332. The number of carbonyl (C=O) groups is 1. The summed E-state index contributed by atoms with van der Waals surface area (Å²) in [5.41, 5.74) is 0.540. The van der Waals surface area contributed by atoms with Crippen molar-refractivity contribution in [2.24, 2.45) is 0 Å². The van der Waals surface area contributed by atoms with E-state index in [9.17, 15) is 9.18 Å². The molecule has 1 aromatic carbocycles. The van der Waals surface area contributed by atoms with Gasteiger partial charge in [0.15, 0.2) is 11.5 Å². The van der Waals surface area contributed by atoms with Gasteiger partial charge in [-0.15, -0.1) is 0 Å². The molecule has 2 aromatic rings. The van der Waals surface area contributed by atoms with Gasteiger partial charge in [-0.25, -0.2) is 4.98 Å². The highest BCUT2D eigenvalue weighted by Crippen LogP contribution is 2.34. The van der Waals surface area contributed by atoms with Gasteiger partial charge in [0, 0.05) is 11.8 Å². The van der Waals surface area contributed by atoms with Crippen LogP contribution >= 0.6 is 0 Å². The van der Waals surface area contributed by atoms with Crippen LogP contribution in [-0.2, 0) is 0 Å². The van der Waals surface area contributed by atoms with Crippen LogP contribution in [0, 0.1) is 5.95 Å². The molecular weight excluding hydrogens is 251 g/mol. The number of nitrogens with one attached hydrogen (secondary N) is 1. The van der Waals surface area contributed by atoms with Gasteiger partial charge in [0.1, 0.15) is 5.69 Å². The van der Waals surface area contributed by atoms with Gasteiger partial charge in [0.2, 0.25) is 12.7 Å². The summed E-state index contributed by atoms with van der Waals surface area (Å²) in [7, 11) is 0. The van der Waals surface area contributed by atoms with Gasteiger partial charge in [0.25, 0.3) is 5.91 Å². The lowest BCUT2D eigenvalue weighted by molar-refractivity contribution is 0.102. The van der Waals surface area contributed by atoms with Gasteiger partial charge >= 0.3 is 0 Å². The van der Waals surface area contributed by atoms with Crippen molar-refractivity contribution in [2.45, 2.75) is 0 Å². The first kappa shape index (κ1) is 11.5. The van der Waals surface area contributed by atoms with Crippen LogP contribution in [0.15, 0.2) is 36.4 Å². The van der Waals surface area contributed by atoms with Crippen molar-refractivity contribution in [3.63, 3.8) is 0 Å². The number of hydrogen-bond acceptors (Lipinski definition) is 4. The number of carbonyl (C=O) groups excluding carboxylic acids is 1. The van der Waals surface area contributed by atoms with Crippen molar-refractivity contribution in [1.29, 1.82) is 0 Å². The van der Waals surface area contributed by atoms with Crippen LogP contribution in [0.4, 0.5) is 10.1 Å². The van der Waals surface area contributed by atoms with Crippen LogP contribution in [0.3, 0.4) is 0 Å². The summed E-state index contributed by atoms with van der Waals surface area (Å²) in [4.78, 5) is 15.4. The minimum Gasteiger partial charge on any atom is -0.454 e. The number of fused-ring (bicyclic) bond motifs is 1. The zero-order chi connectivity index (χ0) is 13.2. The van der Waals surface area contributed by atoms with E-state index in [4.69, 9.17) is 9.47 Å². The van der Waals surface area contributed by atoms with Crippen molar-refractivity contribution >= 4 is 11.6 Å².